The third kappa shape index (κ3) is 12.4. The fourth-order valence-electron chi connectivity index (χ4n) is 4.65. The van der Waals surface area contributed by atoms with Crippen molar-refractivity contribution in [2.45, 2.75) is 131 Å². The van der Waals surface area contributed by atoms with Gasteiger partial charge >= 0.3 is 191 Å². The molecule has 184 valence electrons. The first-order valence-electron chi connectivity index (χ1n) is 13.3. The van der Waals surface area contributed by atoms with E-state index in [1.165, 1.54) is 25.7 Å². The monoisotopic (exact) mass is 466 g/mol. The topological polar surface area (TPSA) is 43.4 Å². The molecule has 0 aromatic heterocycles. The van der Waals surface area contributed by atoms with Gasteiger partial charge in [0.25, 0.3) is 0 Å². The predicted octanol–water partition coefficient (Wildman–Crippen LogP) is 8.75. The molecule has 5 heteroatoms. The van der Waals surface area contributed by atoms with E-state index in [2.05, 4.69) is 34.6 Å². The molecule has 3 nitrogen and oxygen atoms in total. The van der Waals surface area contributed by atoms with E-state index in [1.54, 1.807) is 0 Å². The van der Waals surface area contributed by atoms with Gasteiger partial charge in [0.1, 0.15) is 0 Å². The Kier molecular flexibility index (Phi) is 17.1. The van der Waals surface area contributed by atoms with Crippen LogP contribution in [0.4, 0.5) is 0 Å². The standard InChI is InChI=1S/C25H55O3PS/c1-6-11-16-17-18-19-20-25-30(26,27)28-29(21-12-7-2,22-13-8-3,23-14-9-4)24-15-10-5/h6-25H2,1-5H3. The van der Waals surface area contributed by atoms with Gasteiger partial charge in [0, 0.05) is 0 Å². The van der Waals surface area contributed by atoms with Gasteiger partial charge in [0.15, 0.2) is 0 Å². The Morgan fingerprint density at radius 2 is 0.833 bits per heavy atom. The molecule has 0 saturated carbocycles. The van der Waals surface area contributed by atoms with Crippen molar-refractivity contribution in [2.24, 2.45) is 0 Å². The van der Waals surface area contributed by atoms with Crippen molar-refractivity contribution in [3.05, 3.63) is 0 Å². The second-order valence-corrected chi connectivity index (χ2v) is 17.2. The minimum absolute atomic E-state index is 0.217. The molecule has 0 heterocycles. The maximum absolute atomic E-state index is 13.2. The molecule has 0 aromatic rings. The molecule has 0 unspecified atom stereocenters. The molecule has 0 N–H and O–H groups in total. The molecule has 0 bridgehead atoms. The Hall–Kier alpha value is 0.340. The zero-order chi connectivity index (χ0) is 22.8. The van der Waals surface area contributed by atoms with Crippen LogP contribution in [0, 0.1) is 0 Å². The van der Waals surface area contributed by atoms with Crippen molar-refractivity contribution >= 4 is 16.9 Å². The average Bonchev–Trinajstić information content (AvgIpc) is 2.73. The first kappa shape index (κ1) is 30.3. The normalized spacial score (nSPS) is 14.0. The summed E-state index contributed by atoms with van der Waals surface area (Å²) in [6, 6.07) is 0. The zero-order valence-electron chi connectivity index (χ0n) is 21.2. The number of hydrogen-bond acceptors (Lipinski definition) is 3. The molecule has 30 heavy (non-hydrogen) atoms. The summed E-state index contributed by atoms with van der Waals surface area (Å²) in [7, 11) is -3.46. The molecule has 0 spiro atoms. The van der Waals surface area contributed by atoms with Gasteiger partial charge in [-0.1, -0.05) is 0 Å². The number of hydrogen-bond donors (Lipinski definition) is 0. The summed E-state index contributed by atoms with van der Waals surface area (Å²) >= 11 is 0. The number of rotatable bonds is 22. The molecule has 0 atom stereocenters. The quantitative estimate of drug-likeness (QED) is 0.118. The molecule has 0 aliphatic rings. The van der Waals surface area contributed by atoms with Gasteiger partial charge in [-0.2, -0.15) is 0 Å². The summed E-state index contributed by atoms with van der Waals surface area (Å²) in [6.07, 6.45) is 20.9. The van der Waals surface area contributed by atoms with Gasteiger partial charge in [0.05, 0.1) is 0 Å². The van der Waals surface area contributed by atoms with Crippen molar-refractivity contribution in [1.29, 1.82) is 0 Å². The van der Waals surface area contributed by atoms with Crippen LogP contribution in [0.5, 0.6) is 0 Å². The van der Waals surface area contributed by atoms with Crippen LogP contribution in [0.2, 0.25) is 0 Å². The van der Waals surface area contributed by atoms with E-state index in [0.717, 1.165) is 95.3 Å². The zero-order valence-corrected chi connectivity index (χ0v) is 22.9. The third-order valence-corrected chi connectivity index (χ3v) is 15.8. The Bertz CT molecular complexity index is 461. The van der Waals surface area contributed by atoms with Crippen molar-refractivity contribution in [3.8, 4) is 0 Å². The Morgan fingerprint density at radius 1 is 0.500 bits per heavy atom. The summed E-state index contributed by atoms with van der Waals surface area (Å²) in [5.74, 6) is 0.217. The van der Waals surface area contributed by atoms with E-state index in [0.29, 0.717) is 0 Å². The molecular weight excluding hydrogens is 411 g/mol. The van der Waals surface area contributed by atoms with Crippen LogP contribution in [0.1, 0.15) is 131 Å². The van der Waals surface area contributed by atoms with E-state index in [4.69, 9.17) is 3.97 Å². The van der Waals surface area contributed by atoms with Crippen molar-refractivity contribution in [3.63, 3.8) is 0 Å². The van der Waals surface area contributed by atoms with E-state index < -0.39 is 16.9 Å². The van der Waals surface area contributed by atoms with E-state index in [9.17, 15) is 8.42 Å². The summed E-state index contributed by atoms with van der Waals surface area (Å²) in [6.45, 7) is 8.37. The van der Waals surface area contributed by atoms with Gasteiger partial charge in [-0.3, -0.25) is 0 Å². The second kappa shape index (κ2) is 16.9. The van der Waals surface area contributed by atoms with Crippen LogP contribution in [0.3, 0.4) is 0 Å². The van der Waals surface area contributed by atoms with Gasteiger partial charge in [-0.15, -0.1) is 0 Å². The van der Waals surface area contributed by atoms with Gasteiger partial charge in [-0.05, 0) is 0 Å². The van der Waals surface area contributed by atoms with Crippen LogP contribution in [-0.4, -0.2) is 38.8 Å². The molecular formula is C25H55O3PS. The average molecular weight is 467 g/mol. The molecule has 0 aliphatic carbocycles. The fourth-order valence-corrected chi connectivity index (χ4v) is 15.1. The molecule has 0 rings (SSSR count). The summed E-state index contributed by atoms with van der Waals surface area (Å²) in [4.78, 5) is 0. The van der Waals surface area contributed by atoms with E-state index in [-0.39, 0.29) is 5.75 Å². The first-order chi connectivity index (χ1) is 14.3. The van der Waals surface area contributed by atoms with Gasteiger partial charge < -0.3 is 0 Å². The first-order valence-corrected chi connectivity index (χ1v) is 17.7. The predicted molar refractivity (Wildman–Crippen MR) is 139 cm³/mol. The Morgan fingerprint density at radius 3 is 1.20 bits per heavy atom. The maximum atomic E-state index is 13.2. The Labute approximate surface area is 190 Å². The van der Waals surface area contributed by atoms with Crippen LogP contribution < -0.4 is 0 Å². The van der Waals surface area contributed by atoms with Crippen molar-refractivity contribution < 1.29 is 12.4 Å². The molecule has 0 aliphatic heterocycles. The summed E-state index contributed by atoms with van der Waals surface area (Å²) in [5, 5.41) is 0. The fraction of sp³-hybridized carbons (Fsp3) is 1.00. The van der Waals surface area contributed by atoms with Crippen molar-refractivity contribution in [1.82, 2.24) is 0 Å². The van der Waals surface area contributed by atoms with Crippen molar-refractivity contribution in [2.75, 3.05) is 30.4 Å². The van der Waals surface area contributed by atoms with Gasteiger partial charge in [0.2, 0.25) is 0 Å². The van der Waals surface area contributed by atoms with Crippen LogP contribution in [0.15, 0.2) is 0 Å². The molecule has 0 radical (unpaired) electrons. The number of unbranched alkanes of at least 4 members (excludes halogenated alkanes) is 10. The molecule has 0 amide bonds. The SMILES string of the molecule is CCCCCCCCCS(=O)(=O)OP(CCCC)(CCCC)(CCCC)CCCC. The third-order valence-electron chi connectivity index (χ3n) is 6.63. The van der Waals surface area contributed by atoms with Crippen LogP contribution >= 0.6 is 6.83 Å². The molecule has 0 saturated heterocycles. The second-order valence-electron chi connectivity index (χ2n) is 9.62. The van der Waals surface area contributed by atoms with Crippen LogP contribution in [-0.2, 0) is 14.1 Å². The minimum atomic E-state index is -3.46. The van der Waals surface area contributed by atoms with E-state index >= 15 is 0 Å². The Balaban J connectivity index is 5.41. The summed E-state index contributed by atoms with van der Waals surface area (Å²) < 4.78 is 33.1. The summed E-state index contributed by atoms with van der Waals surface area (Å²) in [5.41, 5.74) is 0. The molecule has 0 aromatic carbocycles. The van der Waals surface area contributed by atoms with Crippen LogP contribution in [0.25, 0.3) is 0 Å². The van der Waals surface area contributed by atoms with E-state index in [1.807, 2.05) is 0 Å². The van der Waals surface area contributed by atoms with Gasteiger partial charge in [-0.25, -0.2) is 0 Å². The molecule has 0 fully saturated rings.